The highest BCUT2D eigenvalue weighted by molar-refractivity contribution is 5.50. The van der Waals surface area contributed by atoms with Crippen LogP contribution in [0.1, 0.15) is 24.1 Å². The summed E-state index contributed by atoms with van der Waals surface area (Å²) in [7, 11) is 3.72. The molecule has 0 bridgehead atoms. The van der Waals surface area contributed by atoms with Gasteiger partial charge in [-0.25, -0.2) is 0 Å². The third-order valence-corrected chi connectivity index (χ3v) is 4.17. The normalized spacial score (nSPS) is 19.2. The molecular weight excluding hydrogens is 268 g/mol. The van der Waals surface area contributed by atoms with Crippen molar-refractivity contribution < 1.29 is 9.84 Å². The highest BCUT2D eigenvalue weighted by Gasteiger charge is 2.25. The number of piperidine rings is 1. The van der Waals surface area contributed by atoms with E-state index < -0.39 is 0 Å². The Kier molecular flexibility index (Phi) is 6.02. The number of rotatable bonds is 7. The molecule has 1 aliphatic heterocycles. The van der Waals surface area contributed by atoms with Crippen LogP contribution in [-0.4, -0.2) is 54.8 Å². The molecule has 0 radical (unpaired) electrons. The van der Waals surface area contributed by atoms with E-state index in [0.29, 0.717) is 12.5 Å². The van der Waals surface area contributed by atoms with Gasteiger partial charge in [0.25, 0.3) is 0 Å². The zero-order chi connectivity index (χ0) is 15.2. The number of aryl methyl sites for hydroxylation is 2. The summed E-state index contributed by atoms with van der Waals surface area (Å²) in [5, 5.41) is 17.4. The molecule has 1 aromatic heterocycles. The lowest BCUT2D eigenvalue weighted by Gasteiger charge is -2.34. The van der Waals surface area contributed by atoms with E-state index in [2.05, 4.69) is 22.2 Å². The van der Waals surface area contributed by atoms with E-state index in [0.717, 1.165) is 44.7 Å². The van der Waals surface area contributed by atoms with Crippen molar-refractivity contribution in [3.8, 4) is 0 Å². The van der Waals surface area contributed by atoms with Crippen LogP contribution in [0.2, 0.25) is 0 Å². The summed E-state index contributed by atoms with van der Waals surface area (Å²) in [6.07, 6.45) is 2.25. The molecule has 1 aliphatic rings. The number of hydrogen-bond acceptors (Lipinski definition) is 5. The van der Waals surface area contributed by atoms with Gasteiger partial charge in [-0.1, -0.05) is 0 Å². The van der Waals surface area contributed by atoms with Crippen LogP contribution in [0.25, 0.3) is 0 Å². The topological polar surface area (TPSA) is 62.5 Å². The van der Waals surface area contributed by atoms with Gasteiger partial charge in [0.2, 0.25) is 0 Å². The summed E-state index contributed by atoms with van der Waals surface area (Å²) in [6, 6.07) is 0. The molecule has 2 N–H and O–H groups in total. The first-order chi connectivity index (χ1) is 10.2. The maximum atomic E-state index is 9.42. The van der Waals surface area contributed by atoms with Crippen molar-refractivity contribution in [2.45, 2.75) is 26.3 Å². The Morgan fingerprint density at radius 3 is 3.00 bits per heavy atom. The minimum absolute atomic E-state index is 0.273. The van der Waals surface area contributed by atoms with Crippen LogP contribution in [-0.2, 0) is 18.3 Å². The first-order valence-electron chi connectivity index (χ1n) is 7.75. The minimum atomic E-state index is 0.273. The largest absolute Gasteiger partial charge is 0.396 e. The van der Waals surface area contributed by atoms with E-state index >= 15 is 0 Å². The fraction of sp³-hybridized carbons (Fsp3) is 0.800. The van der Waals surface area contributed by atoms with E-state index in [1.165, 1.54) is 11.4 Å². The molecule has 1 atom stereocenters. The zero-order valence-electron chi connectivity index (χ0n) is 13.4. The molecule has 1 aromatic rings. The van der Waals surface area contributed by atoms with E-state index in [9.17, 15) is 5.11 Å². The van der Waals surface area contributed by atoms with Crippen molar-refractivity contribution >= 4 is 5.82 Å². The molecule has 6 heteroatoms. The van der Waals surface area contributed by atoms with Gasteiger partial charge in [0.15, 0.2) is 0 Å². The predicted octanol–water partition coefficient (Wildman–Crippen LogP) is 0.673. The Labute approximate surface area is 127 Å². The molecule has 1 unspecified atom stereocenters. The van der Waals surface area contributed by atoms with E-state index in [1.54, 1.807) is 7.11 Å². The fourth-order valence-corrected chi connectivity index (χ4v) is 3.09. The van der Waals surface area contributed by atoms with Crippen molar-refractivity contribution in [3.05, 3.63) is 11.3 Å². The molecule has 120 valence electrons. The smallest absolute Gasteiger partial charge is 0.131 e. The third kappa shape index (κ3) is 3.96. The Balaban J connectivity index is 2.10. The molecule has 6 nitrogen and oxygen atoms in total. The average Bonchev–Trinajstić information content (AvgIpc) is 2.77. The molecule has 1 saturated heterocycles. The van der Waals surface area contributed by atoms with Gasteiger partial charge in [0.05, 0.1) is 12.3 Å². The van der Waals surface area contributed by atoms with Gasteiger partial charge in [-0.05, 0) is 25.7 Å². The lowest BCUT2D eigenvalue weighted by Crippen LogP contribution is -2.38. The quantitative estimate of drug-likeness (QED) is 0.724. The monoisotopic (exact) mass is 296 g/mol. The second-order valence-electron chi connectivity index (χ2n) is 5.82. The summed E-state index contributed by atoms with van der Waals surface area (Å²) < 4.78 is 7.04. The van der Waals surface area contributed by atoms with Gasteiger partial charge < -0.3 is 20.1 Å². The summed E-state index contributed by atoms with van der Waals surface area (Å²) in [5.41, 5.74) is 2.33. The summed E-state index contributed by atoms with van der Waals surface area (Å²) in [5.74, 6) is 1.57. The molecule has 21 heavy (non-hydrogen) atoms. The molecule has 0 aliphatic carbocycles. The molecule has 0 amide bonds. The number of anilines is 1. The van der Waals surface area contributed by atoms with Crippen LogP contribution in [0.4, 0.5) is 5.82 Å². The first kappa shape index (κ1) is 16.3. The lowest BCUT2D eigenvalue weighted by atomic mass is 9.98. The molecule has 2 heterocycles. The maximum Gasteiger partial charge on any atom is 0.131 e. The van der Waals surface area contributed by atoms with Crippen molar-refractivity contribution in [3.63, 3.8) is 0 Å². The molecule has 0 aromatic carbocycles. The number of nitrogens with one attached hydrogen (secondary N) is 1. The molecule has 0 spiro atoms. The third-order valence-electron chi connectivity index (χ3n) is 4.17. The zero-order valence-corrected chi connectivity index (χ0v) is 13.4. The Morgan fingerprint density at radius 2 is 2.29 bits per heavy atom. The van der Waals surface area contributed by atoms with Gasteiger partial charge in [-0.3, -0.25) is 4.68 Å². The highest BCUT2D eigenvalue weighted by atomic mass is 16.5. The van der Waals surface area contributed by atoms with Crippen molar-refractivity contribution in [1.29, 1.82) is 0 Å². The van der Waals surface area contributed by atoms with Crippen LogP contribution in [0, 0.1) is 12.8 Å². The number of aliphatic hydroxyl groups excluding tert-OH is 1. The molecule has 2 rings (SSSR count). The van der Waals surface area contributed by atoms with E-state index in [1.807, 2.05) is 11.7 Å². The van der Waals surface area contributed by atoms with Crippen LogP contribution in [0.5, 0.6) is 0 Å². The van der Waals surface area contributed by atoms with Gasteiger partial charge in [-0.15, -0.1) is 0 Å². The Bertz CT molecular complexity index is 447. The standard InChI is InChI=1S/C15H28N4O2/c1-12-14(9-16-6-8-21-3)15(18(2)17-12)19-7-4-5-13(10-19)11-20/h13,16,20H,4-11H2,1-3H3. The van der Waals surface area contributed by atoms with Crippen LogP contribution in [0.15, 0.2) is 0 Å². The highest BCUT2D eigenvalue weighted by Crippen LogP contribution is 2.27. The molecule has 1 fully saturated rings. The number of aromatic nitrogens is 2. The molecular formula is C15H28N4O2. The Morgan fingerprint density at radius 1 is 1.48 bits per heavy atom. The SMILES string of the molecule is COCCNCc1c(C)nn(C)c1N1CCCC(CO)C1. The Hall–Kier alpha value is -1.11. The van der Waals surface area contributed by atoms with Gasteiger partial charge in [0.1, 0.15) is 5.82 Å². The van der Waals surface area contributed by atoms with Gasteiger partial charge in [-0.2, -0.15) is 5.10 Å². The average molecular weight is 296 g/mol. The maximum absolute atomic E-state index is 9.42. The lowest BCUT2D eigenvalue weighted by molar-refractivity contribution is 0.199. The number of hydrogen-bond donors (Lipinski definition) is 2. The van der Waals surface area contributed by atoms with E-state index in [4.69, 9.17) is 4.74 Å². The summed E-state index contributed by atoms with van der Waals surface area (Å²) in [4.78, 5) is 2.37. The van der Waals surface area contributed by atoms with Gasteiger partial charge >= 0.3 is 0 Å². The second kappa shape index (κ2) is 7.77. The fourth-order valence-electron chi connectivity index (χ4n) is 3.09. The summed E-state index contributed by atoms with van der Waals surface area (Å²) >= 11 is 0. The second-order valence-corrected chi connectivity index (χ2v) is 5.82. The number of nitrogens with zero attached hydrogens (tertiary/aromatic N) is 3. The predicted molar refractivity (Wildman–Crippen MR) is 83.6 cm³/mol. The minimum Gasteiger partial charge on any atom is -0.396 e. The first-order valence-corrected chi connectivity index (χ1v) is 7.75. The number of methoxy groups -OCH3 is 1. The van der Waals surface area contributed by atoms with Crippen LogP contribution >= 0.6 is 0 Å². The van der Waals surface area contributed by atoms with Crippen LogP contribution < -0.4 is 10.2 Å². The number of ether oxygens (including phenoxy) is 1. The van der Waals surface area contributed by atoms with Gasteiger partial charge in [0, 0.05) is 52.5 Å². The van der Waals surface area contributed by atoms with Crippen molar-refractivity contribution in [1.82, 2.24) is 15.1 Å². The van der Waals surface area contributed by atoms with Crippen molar-refractivity contribution in [2.24, 2.45) is 13.0 Å². The van der Waals surface area contributed by atoms with E-state index in [-0.39, 0.29) is 6.61 Å². The summed E-state index contributed by atoms with van der Waals surface area (Å²) in [6.45, 7) is 6.65. The van der Waals surface area contributed by atoms with Crippen LogP contribution in [0.3, 0.4) is 0 Å². The number of aliphatic hydroxyl groups is 1. The molecule has 0 saturated carbocycles. The van der Waals surface area contributed by atoms with Crippen molar-refractivity contribution in [2.75, 3.05) is 44.9 Å².